The van der Waals surface area contributed by atoms with E-state index in [1.165, 1.54) is 11.3 Å². The molecule has 7 heteroatoms. The molecule has 0 aliphatic rings. The van der Waals surface area contributed by atoms with E-state index in [0.29, 0.717) is 11.3 Å². The number of amides is 2. The van der Waals surface area contributed by atoms with Gasteiger partial charge in [0, 0.05) is 34.1 Å². The van der Waals surface area contributed by atoms with Crippen LogP contribution in [0.5, 0.6) is 0 Å². The van der Waals surface area contributed by atoms with Crippen molar-refractivity contribution in [1.29, 1.82) is 0 Å². The summed E-state index contributed by atoms with van der Waals surface area (Å²) in [5.41, 5.74) is 9.03. The number of imidazole rings is 1. The number of anilines is 1. The molecule has 0 aliphatic heterocycles. The fraction of sp³-hybridized carbons (Fsp3) is 0.0500. The Labute approximate surface area is 159 Å². The van der Waals surface area contributed by atoms with Crippen molar-refractivity contribution in [1.82, 2.24) is 9.38 Å². The largest absolute Gasteiger partial charge is 0.366 e. The first-order chi connectivity index (χ1) is 13.1. The molecular formula is C20H16N4O2S. The van der Waals surface area contributed by atoms with Crippen LogP contribution >= 0.6 is 11.3 Å². The summed E-state index contributed by atoms with van der Waals surface area (Å²) in [7, 11) is 0. The number of hydrogen-bond acceptors (Lipinski definition) is 4. The number of nitrogens with two attached hydrogens (primary N) is 1. The maximum Gasteiger partial charge on any atom is 0.248 e. The van der Waals surface area contributed by atoms with Crippen LogP contribution in [0.2, 0.25) is 0 Å². The molecule has 3 N–H and O–H groups in total. The summed E-state index contributed by atoms with van der Waals surface area (Å²) in [5, 5.41) is 4.77. The summed E-state index contributed by atoms with van der Waals surface area (Å²) < 4.78 is 1.95. The highest BCUT2D eigenvalue weighted by atomic mass is 32.1. The Bertz CT molecular complexity index is 1110. The summed E-state index contributed by atoms with van der Waals surface area (Å²) in [6, 6.07) is 16.4. The van der Waals surface area contributed by atoms with Gasteiger partial charge >= 0.3 is 0 Å². The number of rotatable bonds is 5. The van der Waals surface area contributed by atoms with Crippen LogP contribution in [0.4, 0.5) is 5.69 Å². The SMILES string of the molecule is NC(=O)c1ccc(NC(=O)Cc2csc3nc(-c4ccccc4)cn23)cc1. The Morgan fingerprint density at radius 2 is 1.81 bits per heavy atom. The molecule has 0 saturated heterocycles. The number of fused-ring (bicyclic) bond motifs is 1. The number of carbonyl (C=O) groups is 2. The van der Waals surface area contributed by atoms with Gasteiger partial charge in [0.1, 0.15) is 0 Å². The van der Waals surface area contributed by atoms with Gasteiger partial charge < -0.3 is 11.1 Å². The molecule has 4 aromatic rings. The van der Waals surface area contributed by atoms with Gasteiger partial charge in [-0.15, -0.1) is 11.3 Å². The van der Waals surface area contributed by atoms with Crippen molar-refractivity contribution in [2.45, 2.75) is 6.42 Å². The fourth-order valence-corrected chi connectivity index (χ4v) is 3.66. The highest BCUT2D eigenvalue weighted by Gasteiger charge is 2.13. The lowest BCUT2D eigenvalue weighted by Crippen LogP contribution is -2.16. The molecule has 0 radical (unpaired) electrons. The summed E-state index contributed by atoms with van der Waals surface area (Å²) in [6.45, 7) is 0. The average Bonchev–Trinajstić information content (AvgIpc) is 3.25. The number of nitrogens with one attached hydrogen (secondary N) is 1. The predicted octanol–water partition coefficient (Wildman–Crippen LogP) is 3.34. The van der Waals surface area contributed by atoms with E-state index in [0.717, 1.165) is 21.9 Å². The first kappa shape index (κ1) is 17.0. The van der Waals surface area contributed by atoms with Gasteiger partial charge in [0.25, 0.3) is 0 Å². The summed E-state index contributed by atoms with van der Waals surface area (Å²) >= 11 is 1.50. The lowest BCUT2D eigenvalue weighted by Gasteiger charge is -2.05. The number of hydrogen-bond donors (Lipinski definition) is 2. The van der Waals surface area contributed by atoms with Crippen molar-refractivity contribution < 1.29 is 9.59 Å². The molecule has 0 bridgehead atoms. The van der Waals surface area contributed by atoms with Crippen LogP contribution in [0.3, 0.4) is 0 Å². The molecule has 27 heavy (non-hydrogen) atoms. The van der Waals surface area contributed by atoms with Crippen LogP contribution in [0.25, 0.3) is 16.2 Å². The molecule has 0 aliphatic carbocycles. The normalized spacial score (nSPS) is 10.8. The quantitative estimate of drug-likeness (QED) is 0.560. The minimum Gasteiger partial charge on any atom is -0.366 e. The Hall–Kier alpha value is -3.45. The second-order valence-corrected chi connectivity index (χ2v) is 6.87. The molecule has 0 spiro atoms. The summed E-state index contributed by atoms with van der Waals surface area (Å²) in [5.74, 6) is -0.639. The molecule has 2 heterocycles. The first-order valence-electron chi connectivity index (χ1n) is 8.31. The fourth-order valence-electron chi connectivity index (χ4n) is 2.79. The molecule has 0 saturated carbocycles. The van der Waals surface area contributed by atoms with Gasteiger partial charge in [-0.25, -0.2) is 4.98 Å². The number of thiazole rings is 1. The third-order valence-electron chi connectivity index (χ3n) is 4.15. The summed E-state index contributed by atoms with van der Waals surface area (Å²) in [4.78, 5) is 29.0. The average molecular weight is 376 g/mol. The van der Waals surface area contributed by atoms with Gasteiger partial charge in [-0.1, -0.05) is 30.3 Å². The number of carbonyl (C=O) groups excluding carboxylic acids is 2. The number of primary amides is 1. The molecule has 134 valence electrons. The van der Waals surface area contributed by atoms with Gasteiger partial charge in [0.2, 0.25) is 11.8 Å². The van der Waals surface area contributed by atoms with Crippen LogP contribution in [-0.2, 0) is 11.2 Å². The van der Waals surface area contributed by atoms with Crippen LogP contribution in [0.1, 0.15) is 16.1 Å². The minimum atomic E-state index is -0.497. The van der Waals surface area contributed by atoms with E-state index in [2.05, 4.69) is 10.3 Å². The maximum atomic E-state index is 12.4. The van der Waals surface area contributed by atoms with Crippen molar-refractivity contribution >= 4 is 33.8 Å². The molecular weight excluding hydrogens is 360 g/mol. The molecule has 2 amide bonds. The van der Waals surface area contributed by atoms with Gasteiger partial charge in [-0.2, -0.15) is 0 Å². The van der Waals surface area contributed by atoms with Crippen molar-refractivity contribution in [3.05, 3.63) is 77.4 Å². The van der Waals surface area contributed by atoms with E-state index in [1.807, 2.05) is 46.3 Å². The lowest BCUT2D eigenvalue weighted by molar-refractivity contribution is -0.115. The van der Waals surface area contributed by atoms with Crippen LogP contribution in [0.15, 0.2) is 66.2 Å². The molecule has 2 aromatic heterocycles. The number of aromatic nitrogens is 2. The van der Waals surface area contributed by atoms with Gasteiger partial charge in [0.15, 0.2) is 4.96 Å². The standard InChI is InChI=1S/C20H16N4O2S/c21-19(26)14-6-8-15(9-7-14)22-18(25)10-16-12-27-20-23-17(11-24(16)20)13-4-2-1-3-5-13/h1-9,11-12H,10H2,(H2,21,26)(H,22,25). The van der Waals surface area contributed by atoms with E-state index in [9.17, 15) is 9.59 Å². The number of benzene rings is 2. The second kappa shape index (κ2) is 7.05. The third kappa shape index (κ3) is 3.58. The molecule has 2 aromatic carbocycles. The Balaban J connectivity index is 1.50. The minimum absolute atomic E-state index is 0.142. The highest BCUT2D eigenvalue weighted by Crippen LogP contribution is 2.24. The van der Waals surface area contributed by atoms with E-state index >= 15 is 0 Å². The van der Waals surface area contributed by atoms with Gasteiger partial charge in [0.05, 0.1) is 12.1 Å². The molecule has 0 fully saturated rings. The zero-order valence-corrected chi connectivity index (χ0v) is 15.1. The smallest absolute Gasteiger partial charge is 0.248 e. The maximum absolute atomic E-state index is 12.4. The monoisotopic (exact) mass is 376 g/mol. The Kier molecular flexibility index (Phi) is 4.43. The first-order valence-corrected chi connectivity index (χ1v) is 9.19. The second-order valence-electron chi connectivity index (χ2n) is 6.04. The Morgan fingerprint density at radius 3 is 2.52 bits per heavy atom. The van der Waals surface area contributed by atoms with E-state index in [4.69, 9.17) is 5.73 Å². The van der Waals surface area contributed by atoms with Crippen LogP contribution in [0, 0.1) is 0 Å². The summed E-state index contributed by atoms with van der Waals surface area (Å²) in [6.07, 6.45) is 2.17. The number of nitrogens with zero attached hydrogens (tertiary/aromatic N) is 2. The van der Waals surface area contributed by atoms with Gasteiger partial charge in [-0.05, 0) is 24.3 Å². The zero-order chi connectivity index (χ0) is 18.8. The van der Waals surface area contributed by atoms with E-state index in [1.54, 1.807) is 24.3 Å². The third-order valence-corrected chi connectivity index (χ3v) is 5.04. The van der Waals surface area contributed by atoms with E-state index in [-0.39, 0.29) is 12.3 Å². The predicted molar refractivity (Wildman–Crippen MR) is 106 cm³/mol. The highest BCUT2D eigenvalue weighted by molar-refractivity contribution is 7.15. The molecule has 6 nitrogen and oxygen atoms in total. The van der Waals surface area contributed by atoms with E-state index < -0.39 is 5.91 Å². The molecule has 0 unspecified atom stereocenters. The van der Waals surface area contributed by atoms with Gasteiger partial charge in [-0.3, -0.25) is 14.0 Å². The van der Waals surface area contributed by atoms with Crippen LogP contribution in [-0.4, -0.2) is 21.2 Å². The lowest BCUT2D eigenvalue weighted by atomic mass is 10.2. The van der Waals surface area contributed by atoms with Crippen LogP contribution < -0.4 is 11.1 Å². The van der Waals surface area contributed by atoms with Crippen molar-refractivity contribution in [3.8, 4) is 11.3 Å². The zero-order valence-electron chi connectivity index (χ0n) is 14.3. The van der Waals surface area contributed by atoms with Crippen molar-refractivity contribution in [2.24, 2.45) is 5.73 Å². The molecule has 4 rings (SSSR count). The van der Waals surface area contributed by atoms with Crippen molar-refractivity contribution in [3.63, 3.8) is 0 Å². The Morgan fingerprint density at radius 1 is 1.07 bits per heavy atom. The molecule has 0 atom stereocenters. The topological polar surface area (TPSA) is 89.5 Å². The van der Waals surface area contributed by atoms with Crippen molar-refractivity contribution in [2.75, 3.05) is 5.32 Å².